The highest BCUT2D eigenvalue weighted by molar-refractivity contribution is 6.32. The molecule has 4 nitrogen and oxygen atoms in total. The topological polar surface area (TPSA) is 53.3 Å². The summed E-state index contributed by atoms with van der Waals surface area (Å²) in [5, 5.41) is 9.24. The maximum Gasteiger partial charge on any atom is 0.268 e. The minimum absolute atomic E-state index is 0.119. The fourth-order valence-corrected chi connectivity index (χ4v) is 2.61. The number of benzene rings is 2. The van der Waals surface area contributed by atoms with Crippen LogP contribution in [0.1, 0.15) is 31.1 Å². The summed E-state index contributed by atoms with van der Waals surface area (Å²) in [4.78, 5) is 14.6. The van der Waals surface area contributed by atoms with Crippen LogP contribution in [-0.4, -0.2) is 23.9 Å². The van der Waals surface area contributed by atoms with Gasteiger partial charge in [-0.1, -0.05) is 41.9 Å². The van der Waals surface area contributed by atoms with E-state index < -0.39 is 6.10 Å². The van der Waals surface area contributed by atoms with Crippen molar-refractivity contribution in [1.29, 1.82) is 5.26 Å². The molecule has 0 fully saturated rings. The number of nitriles is 1. The normalized spacial score (nSPS) is 11.4. The van der Waals surface area contributed by atoms with Crippen LogP contribution in [0.3, 0.4) is 0 Å². The average molecular weight is 343 g/mol. The molecule has 0 aromatic heterocycles. The molecule has 0 radical (unpaired) electrons. The number of hydrogen-bond donors (Lipinski definition) is 0. The number of hydrogen-bond acceptors (Lipinski definition) is 3. The van der Waals surface area contributed by atoms with Gasteiger partial charge < -0.3 is 9.64 Å². The molecule has 2 aromatic carbocycles. The first-order valence-corrected chi connectivity index (χ1v) is 8.18. The maximum atomic E-state index is 12.9. The molecule has 1 atom stereocenters. The van der Waals surface area contributed by atoms with E-state index in [2.05, 4.69) is 0 Å². The lowest BCUT2D eigenvalue weighted by molar-refractivity contribution is -0.138. The Balaban J connectivity index is 2.37. The van der Waals surface area contributed by atoms with Gasteiger partial charge >= 0.3 is 0 Å². The van der Waals surface area contributed by atoms with Gasteiger partial charge in [-0.2, -0.15) is 5.26 Å². The van der Waals surface area contributed by atoms with E-state index in [1.165, 1.54) is 6.07 Å². The molecule has 1 amide bonds. The van der Waals surface area contributed by atoms with Crippen LogP contribution in [0.4, 0.5) is 0 Å². The van der Waals surface area contributed by atoms with Crippen molar-refractivity contribution in [3.63, 3.8) is 0 Å². The molecule has 0 N–H and O–H groups in total. The fourth-order valence-electron chi connectivity index (χ4n) is 2.38. The SMILES string of the molecule is CCN(CC)C(=O)C(Oc1ccc(C#N)cc1Cl)c1ccccc1. The summed E-state index contributed by atoms with van der Waals surface area (Å²) in [5.74, 6) is 0.261. The Morgan fingerprint density at radius 3 is 2.42 bits per heavy atom. The van der Waals surface area contributed by atoms with Crippen molar-refractivity contribution in [2.45, 2.75) is 20.0 Å². The number of carbonyl (C=O) groups is 1. The van der Waals surface area contributed by atoms with E-state index in [1.807, 2.05) is 50.2 Å². The van der Waals surface area contributed by atoms with Crippen LogP contribution in [0.5, 0.6) is 5.75 Å². The summed E-state index contributed by atoms with van der Waals surface area (Å²) in [6, 6.07) is 16.1. The zero-order valence-electron chi connectivity index (χ0n) is 13.7. The minimum atomic E-state index is -0.781. The largest absolute Gasteiger partial charge is 0.474 e. The molecule has 0 aliphatic rings. The molecular weight excluding hydrogens is 324 g/mol. The molecule has 0 aliphatic carbocycles. The number of likely N-dealkylation sites (N-methyl/N-ethyl adjacent to an activating group) is 1. The molecule has 5 heteroatoms. The van der Waals surface area contributed by atoms with Gasteiger partial charge in [-0.05, 0) is 32.0 Å². The average Bonchev–Trinajstić information content (AvgIpc) is 2.62. The maximum absolute atomic E-state index is 12.9. The Morgan fingerprint density at radius 1 is 1.21 bits per heavy atom. The van der Waals surface area contributed by atoms with Crippen molar-refractivity contribution >= 4 is 17.5 Å². The molecule has 2 aromatic rings. The van der Waals surface area contributed by atoms with Gasteiger partial charge in [0.05, 0.1) is 16.7 Å². The van der Waals surface area contributed by atoms with E-state index in [9.17, 15) is 4.79 Å². The lowest BCUT2D eigenvalue weighted by atomic mass is 10.1. The summed E-state index contributed by atoms with van der Waals surface area (Å²) in [5.41, 5.74) is 1.20. The van der Waals surface area contributed by atoms with Gasteiger partial charge in [-0.3, -0.25) is 4.79 Å². The number of nitrogens with zero attached hydrogens (tertiary/aromatic N) is 2. The second-order valence-electron chi connectivity index (χ2n) is 5.18. The zero-order valence-corrected chi connectivity index (χ0v) is 14.5. The van der Waals surface area contributed by atoms with Gasteiger partial charge in [0.25, 0.3) is 5.91 Å². The molecule has 0 heterocycles. The van der Waals surface area contributed by atoms with Crippen molar-refractivity contribution in [2.75, 3.05) is 13.1 Å². The highest BCUT2D eigenvalue weighted by atomic mass is 35.5. The smallest absolute Gasteiger partial charge is 0.268 e. The van der Waals surface area contributed by atoms with E-state index >= 15 is 0 Å². The molecule has 0 bridgehead atoms. The lowest BCUT2D eigenvalue weighted by Gasteiger charge is -2.26. The van der Waals surface area contributed by atoms with Crippen molar-refractivity contribution in [3.8, 4) is 11.8 Å². The summed E-state index contributed by atoms with van der Waals surface area (Å²) >= 11 is 6.19. The number of ether oxygens (including phenoxy) is 1. The van der Waals surface area contributed by atoms with Crippen LogP contribution in [0.2, 0.25) is 5.02 Å². The Bertz CT molecular complexity index is 737. The first kappa shape index (κ1) is 17.8. The van der Waals surface area contributed by atoms with Crippen molar-refractivity contribution < 1.29 is 9.53 Å². The highest BCUT2D eigenvalue weighted by Crippen LogP contribution is 2.31. The van der Waals surface area contributed by atoms with Crippen molar-refractivity contribution in [1.82, 2.24) is 4.90 Å². The second-order valence-corrected chi connectivity index (χ2v) is 5.58. The fraction of sp³-hybridized carbons (Fsp3) is 0.263. The lowest BCUT2D eigenvalue weighted by Crippen LogP contribution is -2.37. The molecule has 0 aliphatic heterocycles. The molecule has 0 saturated heterocycles. The van der Waals surface area contributed by atoms with E-state index in [4.69, 9.17) is 21.6 Å². The molecule has 124 valence electrons. The second kappa shape index (κ2) is 8.37. The van der Waals surface area contributed by atoms with Crippen molar-refractivity contribution in [3.05, 3.63) is 64.7 Å². The Hall–Kier alpha value is -2.51. The molecule has 24 heavy (non-hydrogen) atoms. The molecule has 1 unspecified atom stereocenters. The van der Waals surface area contributed by atoms with Gasteiger partial charge in [-0.25, -0.2) is 0 Å². The molecule has 0 spiro atoms. The van der Waals surface area contributed by atoms with Crippen LogP contribution < -0.4 is 4.74 Å². The van der Waals surface area contributed by atoms with Crippen LogP contribution >= 0.6 is 11.6 Å². The number of carbonyl (C=O) groups excluding carboxylic acids is 1. The predicted octanol–water partition coefficient (Wildman–Crippen LogP) is 4.20. The van der Waals surface area contributed by atoms with Crippen LogP contribution in [0.25, 0.3) is 0 Å². The Kier molecular flexibility index (Phi) is 6.22. The van der Waals surface area contributed by atoms with Crippen molar-refractivity contribution in [2.24, 2.45) is 0 Å². The monoisotopic (exact) mass is 342 g/mol. The molecule has 2 rings (SSSR count). The number of amides is 1. The first-order chi connectivity index (χ1) is 11.6. The third-order valence-corrected chi connectivity index (χ3v) is 4.00. The summed E-state index contributed by atoms with van der Waals surface area (Å²) < 4.78 is 5.94. The predicted molar refractivity (Wildman–Crippen MR) is 93.9 cm³/mol. The van der Waals surface area contributed by atoms with Crippen LogP contribution in [-0.2, 0) is 4.79 Å². The van der Waals surface area contributed by atoms with Gasteiger partial charge in [0.15, 0.2) is 0 Å². The van der Waals surface area contributed by atoms with Gasteiger partial charge in [0, 0.05) is 18.7 Å². The quantitative estimate of drug-likeness (QED) is 0.790. The minimum Gasteiger partial charge on any atom is -0.474 e. The third kappa shape index (κ3) is 4.06. The highest BCUT2D eigenvalue weighted by Gasteiger charge is 2.27. The van der Waals surface area contributed by atoms with E-state index in [1.54, 1.807) is 17.0 Å². The number of halogens is 1. The zero-order chi connectivity index (χ0) is 17.5. The Morgan fingerprint density at radius 2 is 1.88 bits per heavy atom. The van der Waals surface area contributed by atoms with Gasteiger partial charge in [0.1, 0.15) is 5.75 Å². The van der Waals surface area contributed by atoms with Crippen LogP contribution in [0, 0.1) is 11.3 Å². The molecule has 0 saturated carbocycles. The Labute approximate surface area is 147 Å². The summed E-state index contributed by atoms with van der Waals surface area (Å²) in [6.07, 6.45) is -0.781. The number of rotatable bonds is 6. The van der Waals surface area contributed by atoms with E-state index in [0.29, 0.717) is 29.4 Å². The summed E-state index contributed by atoms with van der Waals surface area (Å²) in [7, 11) is 0. The summed E-state index contributed by atoms with van der Waals surface area (Å²) in [6.45, 7) is 5.06. The third-order valence-electron chi connectivity index (χ3n) is 3.71. The van der Waals surface area contributed by atoms with Gasteiger partial charge in [0.2, 0.25) is 6.10 Å². The first-order valence-electron chi connectivity index (χ1n) is 7.80. The van der Waals surface area contributed by atoms with E-state index in [0.717, 1.165) is 5.56 Å². The standard InChI is InChI=1S/C19H19ClN2O2/c1-3-22(4-2)19(23)18(15-8-6-5-7-9-15)24-17-11-10-14(13-21)12-16(17)20/h5-12,18H,3-4H2,1-2H3. The van der Waals surface area contributed by atoms with E-state index in [-0.39, 0.29) is 5.91 Å². The molecular formula is C19H19ClN2O2. The van der Waals surface area contributed by atoms with Crippen LogP contribution in [0.15, 0.2) is 48.5 Å². The van der Waals surface area contributed by atoms with Gasteiger partial charge in [-0.15, -0.1) is 0 Å².